The van der Waals surface area contributed by atoms with E-state index in [0.717, 1.165) is 5.56 Å². The SMILES string of the molecule is CSCCC(NC(=O)c1ccco1)C(=O)N1CC(=O)Nc2ccccc2C1. The van der Waals surface area contributed by atoms with E-state index >= 15 is 0 Å². The maximum Gasteiger partial charge on any atom is 0.287 e. The number of amides is 3. The fourth-order valence-corrected chi connectivity index (χ4v) is 3.38. The van der Waals surface area contributed by atoms with Crippen molar-refractivity contribution in [2.24, 2.45) is 0 Å². The molecule has 2 aromatic rings. The molecule has 1 aliphatic heterocycles. The fraction of sp³-hybridized carbons (Fsp3) is 0.316. The first-order valence-corrected chi connectivity index (χ1v) is 9.97. The Morgan fingerprint density at radius 3 is 2.81 bits per heavy atom. The van der Waals surface area contributed by atoms with Gasteiger partial charge in [0.15, 0.2) is 5.76 Å². The van der Waals surface area contributed by atoms with Crippen molar-refractivity contribution in [1.29, 1.82) is 0 Å². The Morgan fingerprint density at radius 1 is 1.26 bits per heavy atom. The number of thioether (sulfide) groups is 1. The lowest BCUT2D eigenvalue weighted by Gasteiger charge is -2.26. The first-order valence-electron chi connectivity index (χ1n) is 8.58. The number of hydrogen-bond donors (Lipinski definition) is 2. The summed E-state index contributed by atoms with van der Waals surface area (Å²) in [5, 5.41) is 5.55. The van der Waals surface area contributed by atoms with Gasteiger partial charge in [-0.05, 0) is 42.2 Å². The topological polar surface area (TPSA) is 91.7 Å². The van der Waals surface area contributed by atoms with Gasteiger partial charge in [-0.3, -0.25) is 14.4 Å². The number of anilines is 1. The number of carbonyl (C=O) groups excluding carboxylic acids is 3. The summed E-state index contributed by atoms with van der Waals surface area (Å²) in [5.41, 5.74) is 1.57. The second-order valence-electron chi connectivity index (χ2n) is 6.18. The van der Waals surface area contributed by atoms with Crippen molar-refractivity contribution in [2.45, 2.75) is 19.0 Å². The fourth-order valence-electron chi connectivity index (χ4n) is 2.91. The maximum absolute atomic E-state index is 13.1. The Balaban J connectivity index is 1.78. The van der Waals surface area contributed by atoms with Gasteiger partial charge in [0.2, 0.25) is 11.8 Å². The van der Waals surface area contributed by atoms with E-state index in [1.165, 1.54) is 11.2 Å². The molecule has 3 rings (SSSR count). The van der Waals surface area contributed by atoms with E-state index in [9.17, 15) is 14.4 Å². The van der Waals surface area contributed by atoms with Crippen LogP contribution in [0.2, 0.25) is 0 Å². The summed E-state index contributed by atoms with van der Waals surface area (Å²) in [6.07, 6.45) is 3.81. The zero-order valence-corrected chi connectivity index (χ0v) is 15.8. The molecule has 8 heteroatoms. The molecule has 0 saturated carbocycles. The zero-order valence-electron chi connectivity index (χ0n) is 14.9. The second-order valence-corrected chi connectivity index (χ2v) is 7.17. The van der Waals surface area contributed by atoms with Crippen LogP contribution in [-0.4, -0.2) is 47.2 Å². The Labute approximate surface area is 161 Å². The molecule has 0 bridgehead atoms. The van der Waals surface area contributed by atoms with Crippen molar-refractivity contribution in [3.63, 3.8) is 0 Å². The number of benzene rings is 1. The predicted octanol–water partition coefficient (Wildman–Crippen LogP) is 2.11. The zero-order chi connectivity index (χ0) is 19.2. The third kappa shape index (κ3) is 4.71. The lowest BCUT2D eigenvalue weighted by atomic mass is 10.1. The van der Waals surface area contributed by atoms with Crippen LogP contribution in [0.15, 0.2) is 47.1 Å². The van der Waals surface area contributed by atoms with Crippen LogP contribution in [0, 0.1) is 0 Å². The van der Waals surface area contributed by atoms with Gasteiger partial charge >= 0.3 is 0 Å². The highest BCUT2D eigenvalue weighted by molar-refractivity contribution is 7.98. The molecule has 7 nitrogen and oxygen atoms in total. The quantitative estimate of drug-likeness (QED) is 0.792. The Hall–Kier alpha value is -2.74. The Bertz CT molecular complexity index is 822. The van der Waals surface area contributed by atoms with E-state index in [1.54, 1.807) is 23.9 Å². The van der Waals surface area contributed by atoms with Gasteiger partial charge < -0.3 is 20.0 Å². The summed E-state index contributed by atoms with van der Waals surface area (Å²) in [6, 6.07) is 9.81. The first kappa shape index (κ1) is 19.0. The van der Waals surface area contributed by atoms with E-state index in [-0.39, 0.29) is 24.1 Å². The van der Waals surface area contributed by atoms with Gasteiger partial charge in [-0.25, -0.2) is 0 Å². The number of fused-ring (bicyclic) bond motifs is 1. The largest absolute Gasteiger partial charge is 0.459 e. The second kappa shape index (κ2) is 8.77. The highest BCUT2D eigenvalue weighted by Crippen LogP contribution is 2.21. The van der Waals surface area contributed by atoms with E-state index in [4.69, 9.17) is 4.42 Å². The van der Waals surface area contributed by atoms with Crippen molar-refractivity contribution >= 4 is 35.2 Å². The van der Waals surface area contributed by atoms with Crippen LogP contribution < -0.4 is 10.6 Å². The summed E-state index contributed by atoms with van der Waals surface area (Å²) >= 11 is 1.59. The van der Waals surface area contributed by atoms with Crippen LogP contribution in [0.1, 0.15) is 22.5 Å². The van der Waals surface area contributed by atoms with Crippen LogP contribution in [0.4, 0.5) is 5.69 Å². The van der Waals surface area contributed by atoms with Crippen molar-refractivity contribution < 1.29 is 18.8 Å². The van der Waals surface area contributed by atoms with E-state index in [0.29, 0.717) is 24.4 Å². The number of rotatable bonds is 6. The normalized spacial score (nSPS) is 14.7. The molecule has 0 saturated heterocycles. The molecule has 1 aliphatic rings. The molecule has 2 heterocycles. The molecule has 2 N–H and O–H groups in total. The maximum atomic E-state index is 13.1. The molecule has 0 radical (unpaired) electrons. The minimum atomic E-state index is -0.729. The smallest absolute Gasteiger partial charge is 0.287 e. The van der Waals surface area contributed by atoms with Gasteiger partial charge in [0, 0.05) is 12.2 Å². The summed E-state index contributed by atoms with van der Waals surface area (Å²) < 4.78 is 5.10. The number of carbonyl (C=O) groups is 3. The average molecular weight is 387 g/mol. The predicted molar refractivity (Wildman–Crippen MR) is 103 cm³/mol. The van der Waals surface area contributed by atoms with Gasteiger partial charge in [-0.15, -0.1) is 0 Å². The molecule has 27 heavy (non-hydrogen) atoms. The lowest BCUT2D eigenvalue weighted by Crippen LogP contribution is -2.49. The van der Waals surface area contributed by atoms with Crippen molar-refractivity contribution in [3.8, 4) is 0 Å². The standard InChI is InChI=1S/C19H21N3O4S/c1-27-10-8-15(21-18(24)16-7-4-9-26-16)19(25)22-11-13-5-2-3-6-14(13)20-17(23)12-22/h2-7,9,15H,8,10-12H2,1H3,(H,20,23)(H,21,24). The van der Waals surface area contributed by atoms with Crippen LogP contribution >= 0.6 is 11.8 Å². The number of para-hydroxylation sites is 1. The molecule has 0 fully saturated rings. The number of nitrogens with zero attached hydrogens (tertiary/aromatic N) is 1. The third-order valence-corrected chi connectivity index (χ3v) is 4.90. The van der Waals surface area contributed by atoms with Crippen molar-refractivity contribution in [2.75, 3.05) is 23.9 Å². The third-order valence-electron chi connectivity index (χ3n) is 4.26. The Kier molecular flexibility index (Phi) is 6.18. The highest BCUT2D eigenvalue weighted by Gasteiger charge is 2.30. The van der Waals surface area contributed by atoms with Crippen LogP contribution in [0.3, 0.4) is 0 Å². The molecular formula is C19H21N3O4S. The molecule has 1 atom stereocenters. The summed E-state index contributed by atoms with van der Waals surface area (Å²) in [4.78, 5) is 39.1. The first-order chi connectivity index (χ1) is 13.1. The van der Waals surface area contributed by atoms with E-state index in [1.807, 2.05) is 30.5 Å². The van der Waals surface area contributed by atoms with Crippen LogP contribution in [0.5, 0.6) is 0 Å². The van der Waals surface area contributed by atoms with Gasteiger partial charge in [-0.1, -0.05) is 18.2 Å². The van der Waals surface area contributed by atoms with Crippen molar-refractivity contribution in [1.82, 2.24) is 10.2 Å². The molecule has 0 spiro atoms. The van der Waals surface area contributed by atoms with Gasteiger partial charge in [0.25, 0.3) is 5.91 Å². The van der Waals surface area contributed by atoms with Crippen LogP contribution in [-0.2, 0) is 16.1 Å². The van der Waals surface area contributed by atoms with Crippen molar-refractivity contribution in [3.05, 3.63) is 54.0 Å². The van der Waals surface area contributed by atoms with Gasteiger partial charge in [0.05, 0.1) is 6.26 Å². The van der Waals surface area contributed by atoms with Gasteiger partial charge in [0.1, 0.15) is 12.6 Å². The summed E-state index contributed by atoms with van der Waals surface area (Å²) in [7, 11) is 0. The summed E-state index contributed by atoms with van der Waals surface area (Å²) in [5.74, 6) is -0.133. The monoisotopic (exact) mass is 387 g/mol. The van der Waals surface area contributed by atoms with E-state index in [2.05, 4.69) is 10.6 Å². The highest BCUT2D eigenvalue weighted by atomic mass is 32.2. The molecule has 142 valence electrons. The van der Waals surface area contributed by atoms with Gasteiger partial charge in [-0.2, -0.15) is 11.8 Å². The van der Waals surface area contributed by atoms with Crippen LogP contribution in [0.25, 0.3) is 0 Å². The molecule has 3 amide bonds. The average Bonchev–Trinajstić information content (AvgIpc) is 3.14. The Morgan fingerprint density at radius 2 is 2.07 bits per heavy atom. The summed E-state index contributed by atoms with van der Waals surface area (Å²) in [6.45, 7) is 0.250. The minimum absolute atomic E-state index is 0.0557. The molecular weight excluding hydrogens is 366 g/mol. The molecule has 1 unspecified atom stereocenters. The number of hydrogen-bond acceptors (Lipinski definition) is 5. The number of nitrogens with one attached hydrogen (secondary N) is 2. The number of furan rings is 1. The lowest BCUT2D eigenvalue weighted by molar-refractivity contribution is -0.136. The minimum Gasteiger partial charge on any atom is -0.459 e. The molecule has 1 aromatic heterocycles. The molecule has 1 aromatic carbocycles. The van der Waals surface area contributed by atoms with E-state index < -0.39 is 11.9 Å². The molecule has 0 aliphatic carbocycles.